The van der Waals surface area contributed by atoms with Crippen LogP contribution in [0, 0.1) is 5.92 Å². The fourth-order valence-corrected chi connectivity index (χ4v) is 1.03. The summed E-state index contributed by atoms with van der Waals surface area (Å²) >= 11 is 0. The Balaban J connectivity index is 1.73. The van der Waals surface area contributed by atoms with Gasteiger partial charge in [0, 0.05) is 19.3 Å². The second-order valence-corrected chi connectivity index (χ2v) is 3.61. The van der Waals surface area contributed by atoms with Crippen molar-refractivity contribution < 1.29 is 4.74 Å². The lowest BCUT2D eigenvalue weighted by Crippen LogP contribution is -2.17. The number of ether oxygens (including phenoxy) is 1. The molecule has 0 aromatic carbocycles. The first-order chi connectivity index (χ1) is 5.29. The molecular formula is C9H19NO. The summed E-state index contributed by atoms with van der Waals surface area (Å²) < 4.78 is 5.42. The van der Waals surface area contributed by atoms with E-state index in [0.717, 1.165) is 25.6 Å². The molecule has 1 aliphatic carbocycles. The molecule has 2 heteroatoms. The van der Waals surface area contributed by atoms with Gasteiger partial charge in [-0.25, -0.2) is 0 Å². The Bertz CT molecular complexity index is 95.7. The molecule has 0 aliphatic heterocycles. The first-order valence-corrected chi connectivity index (χ1v) is 4.62. The molecule has 0 amide bonds. The molecule has 0 saturated heterocycles. The number of hydrogen-bond acceptors (Lipinski definition) is 2. The quantitative estimate of drug-likeness (QED) is 0.594. The van der Waals surface area contributed by atoms with Crippen LogP contribution in [0.25, 0.3) is 0 Å². The average molecular weight is 157 g/mol. The third-order valence-corrected chi connectivity index (χ3v) is 2.08. The maximum absolute atomic E-state index is 5.57. The molecule has 0 radical (unpaired) electrons. The van der Waals surface area contributed by atoms with Gasteiger partial charge in [0.25, 0.3) is 0 Å². The van der Waals surface area contributed by atoms with Gasteiger partial charge in [0.15, 0.2) is 0 Å². The van der Waals surface area contributed by atoms with Crippen LogP contribution in [0.3, 0.4) is 0 Å². The molecule has 0 aromatic rings. The van der Waals surface area contributed by atoms with Gasteiger partial charge in [-0.2, -0.15) is 0 Å². The molecule has 2 nitrogen and oxygen atoms in total. The summed E-state index contributed by atoms with van der Waals surface area (Å²) in [5, 5.41) is 0. The molecule has 66 valence electrons. The van der Waals surface area contributed by atoms with Gasteiger partial charge in [-0.05, 0) is 25.7 Å². The zero-order chi connectivity index (χ0) is 8.10. The van der Waals surface area contributed by atoms with Gasteiger partial charge in [0.1, 0.15) is 0 Å². The van der Waals surface area contributed by atoms with Gasteiger partial charge in [-0.15, -0.1) is 0 Å². The van der Waals surface area contributed by atoms with Crippen molar-refractivity contribution in [1.29, 1.82) is 0 Å². The Morgan fingerprint density at radius 1 is 1.45 bits per heavy atom. The Labute approximate surface area is 69.1 Å². The standard InChI is InChI=1S/C9H19NO/c1-8(10)4-6-11-7-5-9-2-3-9/h8-9H,2-7,10H2,1H3. The van der Waals surface area contributed by atoms with E-state index in [9.17, 15) is 0 Å². The van der Waals surface area contributed by atoms with Crippen molar-refractivity contribution in [2.24, 2.45) is 11.7 Å². The maximum atomic E-state index is 5.57. The minimum atomic E-state index is 0.288. The van der Waals surface area contributed by atoms with Gasteiger partial charge in [-0.3, -0.25) is 0 Å². The largest absolute Gasteiger partial charge is 0.381 e. The lowest BCUT2D eigenvalue weighted by Gasteiger charge is -2.05. The van der Waals surface area contributed by atoms with Gasteiger partial charge < -0.3 is 10.5 Å². The second kappa shape index (κ2) is 4.73. The zero-order valence-electron chi connectivity index (χ0n) is 7.38. The molecule has 0 aromatic heterocycles. The number of rotatable bonds is 6. The maximum Gasteiger partial charge on any atom is 0.0480 e. The van der Waals surface area contributed by atoms with Crippen molar-refractivity contribution in [3.63, 3.8) is 0 Å². The van der Waals surface area contributed by atoms with E-state index in [-0.39, 0.29) is 6.04 Å². The molecule has 0 bridgehead atoms. The van der Waals surface area contributed by atoms with Crippen LogP contribution in [0.15, 0.2) is 0 Å². The first-order valence-electron chi connectivity index (χ1n) is 4.62. The molecule has 11 heavy (non-hydrogen) atoms. The van der Waals surface area contributed by atoms with Crippen LogP contribution in [0.5, 0.6) is 0 Å². The van der Waals surface area contributed by atoms with Crippen molar-refractivity contribution in [2.45, 2.75) is 38.6 Å². The fourth-order valence-electron chi connectivity index (χ4n) is 1.03. The SMILES string of the molecule is CC(N)CCOCCC1CC1. The highest BCUT2D eigenvalue weighted by Gasteiger charge is 2.20. The van der Waals surface area contributed by atoms with Gasteiger partial charge in [0.2, 0.25) is 0 Å². The highest BCUT2D eigenvalue weighted by atomic mass is 16.5. The van der Waals surface area contributed by atoms with Crippen LogP contribution in [-0.4, -0.2) is 19.3 Å². The van der Waals surface area contributed by atoms with E-state index in [1.807, 2.05) is 6.92 Å². The minimum absolute atomic E-state index is 0.288. The monoisotopic (exact) mass is 157 g/mol. The zero-order valence-corrected chi connectivity index (χ0v) is 7.38. The summed E-state index contributed by atoms with van der Waals surface area (Å²) in [5.41, 5.74) is 5.57. The lowest BCUT2D eigenvalue weighted by molar-refractivity contribution is 0.122. The molecule has 1 rings (SSSR count). The average Bonchev–Trinajstić information content (AvgIpc) is 2.70. The van der Waals surface area contributed by atoms with Crippen LogP contribution in [0.2, 0.25) is 0 Å². The Hall–Kier alpha value is -0.0800. The Morgan fingerprint density at radius 3 is 2.73 bits per heavy atom. The summed E-state index contributed by atoms with van der Waals surface area (Å²) in [4.78, 5) is 0. The summed E-state index contributed by atoms with van der Waals surface area (Å²) in [7, 11) is 0. The topological polar surface area (TPSA) is 35.2 Å². The predicted molar refractivity (Wildman–Crippen MR) is 46.4 cm³/mol. The van der Waals surface area contributed by atoms with E-state index < -0.39 is 0 Å². The molecule has 1 fully saturated rings. The molecule has 1 atom stereocenters. The van der Waals surface area contributed by atoms with Crippen LogP contribution in [0.4, 0.5) is 0 Å². The van der Waals surface area contributed by atoms with Crippen molar-refractivity contribution in [3.8, 4) is 0 Å². The third-order valence-electron chi connectivity index (χ3n) is 2.08. The van der Waals surface area contributed by atoms with Gasteiger partial charge in [-0.1, -0.05) is 12.8 Å². The summed E-state index contributed by atoms with van der Waals surface area (Å²) in [6.45, 7) is 3.80. The van der Waals surface area contributed by atoms with Crippen molar-refractivity contribution in [1.82, 2.24) is 0 Å². The summed E-state index contributed by atoms with van der Waals surface area (Å²) in [5.74, 6) is 0.991. The third kappa shape index (κ3) is 5.22. The minimum Gasteiger partial charge on any atom is -0.381 e. The van der Waals surface area contributed by atoms with E-state index in [4.69, 9.17) is 10.5 Å². The molecular weight excluding hydrogens is 138 g/mol. The molecule has 0 spiro atoms. The van der Waals surface area contributed by atoms with E-state index in [0.29, 0.717) is 0 Å². The first kappa shape index (κ1) is 9.01. The van der Waals surface area contributed by atoms with Gasteiger partial charge >= 0.3 is 0 Å². The van der Waals surface area contributed by atoms with Crippen molar-refractivity contribution >= 4 is 0 Å². The normalized spacial score (nSPS) is 20.2. The fraction of sp³-hybridized carbons (Fsp3) is 1.00. The van der Waals surface area contributed by atoms with Crippen LogP contribution >= 0.6 is 0 Å². The van der Waals surface area contributed by atoms with Crippen LogP contribution in [0.1, 0.15) is 32.6 Å². The Kier molecular flexibility index (Phi) is 3.87. The van der Waals surface area contributed by atoms with E-state index in [2.05, 4.69) is 0 Å². The number of nitrogens with two attached hydrogens (primary N) is 1. The van der Waals surface area contributed by atoms with E-state index in [1.165, 1.54) is 19.3 Å². The van der Waals surface area contributed by atoms with Crippen LogP contribution in [-0.2, 0) is 4.74 Å². The van der Waals surface area contributed by atoms with Crippen LogP contribution < -0.4 is 5.73 Å². The number of hydrogen-bond donors (Lipinski definition) is 1. The predicted octanol–water partition coefficient (Wildman–Crippen LogP) is 1.54. The highest BCUT2D eigenvalue weighted by molar-refractivity contribution is 4.72. The molecule has 1 aliphatic rings. The summed E-state index contributed by atoms with van der Waals surface area (Å²) in [6.07, 6.45) is 5.11. The highest BCUT2D eigenvalue weighted by Crippen LogP contribution is 2.31. The smallest absolute Gasteiger partial charge is 0.0480 e. The van der Waals surface area contributed by atoms with Gasteiger partial charge in [0.05, 0.1) is 0 Å². The van der Waals surface area contributed by atoms with Crippen molar-refractivity contribution in [3.05, 3.63) is 0 Å². The van der Waals surface area contributed by atoms with E-state index in [1.54, 1.807) is 0 Å². The van der Waals surface area contributed by atoms with E-state index >= 15 is 0 Å². The molecule has 2 N–H and O–H groups in total. The molecule has 1 unspecified atom stereocenters. The Morgan fingerprint density at radius 2 is 2.18 bits per heavy atom. The lowest BCUT2D eigenvalue weighted by atomic mass is 10.3. The molecule has 0 heterocycles. The molecule has 1 saturated carbocycles. The van der Waals surface area contributed by atoms with Crippen molar-refractivity contribution in [2.75, 3.05) is 13.2 Å². The second-order valence-electron chi connectivity index (χ2n) is 3.61. The summed E-state index contributed by atoms with van der Waals surface area (Å²) in [6, 6.07) is 0.288.